The maximum Gasteiger partial charge on any atom is 0.206 e. The van der Waals surface area contributed by atoms with E-state index >= 15 is 0 Å². The van der Waals surface area contributed by atoms with E-state index in [1.165, 1.54) is 22.3 Å². The van der Waals surface area contributed by atoms with Crippen LogP contribution in [0.15, 0.2) is 64.0 Å². The summed E-state index contributed by atoms with van der Waals surface area (Å²) < 4.78 is 13.5. The first-order valence-corrected chi connectivity index (χ1v) is 12.9. The van der Waals surface area contributed by atoms with Gasteiger partial charge in [0.25, 0.3) is 0 Å². The Hall–Kier alpha value is -3.22. The van der Waals surface area contributed by atoms with Crippen LogP contribution in [0, 0.1) is 20.8 Å². The zero-order valence-corrected chi connectivity index (χ0v) is 21.6. The van der Waals surface area contributed by atoms with Crippen molar-refractivity contribution in [3.8, 4) is 17.0 Å². The molecule has 5 rings (SSSR count). The normalized spacial score (nSPS) is 16.6. The van der Waals surface area contributed by atoms with E-state index in [-0.39, 0.29) is 6.10 Å². The maximum atomic E-state index is 5.81. The second-order valence-electron chi connectivity index (χ2n) is 9.09. The summed E-state index contributed by atoms with van der Waals surface area (Å²) >= 11 is 1.62. The van der Waals surface area contributed by atoms with Crippen LogP contribution in [0.4, 0.5) is 0 Å². The molecule has 35 heavy (non-hydrogen) atoms. The molecule has 0 N–H and O–H groups in total. The van der Waals surface area contributed by atoms with E-state index < -0.39 is 0 Å². The van der Waals surface area contributed by atoms with Crippen LogP contribution in [0.2, 0.25) is 0 Å². The van der Waals surface area contributed by atoms with Gasteiger partial charge in [0.05, 0.1) is 31.7 Å². The van der Waals surface area contributed by atoms with Crippen molar-refractivity contribution in [3.05, 3.63) is 81.0 Å². The van der Waals surface area contributed by atoms with Crippen molar-refractivity contribution in [2.24, 2.45) is 10.1 Å². The lowest BCUT2D eigenvalue weighted by Gasteiger charge is -2.12. The minimum Gasteiger partial charge on any atom is -0.496 e. The van der Waals surface area contributed by atoms with Gasteiger partial charge in [-0.1, -0.05) is 36.4 Å². The average molecular weight is 486 g/mol. The molecule has 180 valence electrons. The largest absolute Gasteiger partial charge is 0.496 e. The van der Waals surface area contributed by atoms with E-state index in [0.717, 1.165) is 52.0 Å². The quantitative estimate of drug-likeness (QED) is 0.302. The molecule has 6 heteroatoms. The Balaban J connectivity index is 1.65. The molecule has 0 bridgehead atoms. The van der Waals surface area contributed by atoms with Crippen LogP contribution in [0.3, 0.4) is 0 Å². The highest BCUT2D eigenvalue weighted by Gasteiger charge is 2.16. The van der Waals surface area contributed by atoms with Crippen LogP contribution in [0.25, 0.3) is 22.0 Å². The Morgan fingerprint density at radius 2 is 1.91 bits per heavy atom. The molecule has 1 fully saturated rings. The monoisotopic (exact) mass is 485 g/mol. The third-order valence-electron chi connectivity index (χ3n) is 6.71. The van der Waals surface area contributed by atoms with Crippen molar-refractivity contribution < 1.29 is 9.47 Å². The number of ether oxygens (including phenoxy) is 2. The number of rotatable bonds is 6. The zero-order chi connectivity index (χ0) is 24.4. The van der Waals surface area contributed by atoms with Crippen LogP contribution < -0.4 is 9.54 Å². The Kier molecular flexibility index (Phi) is 6.84. The number of thiazole rings is 1. The molecule has 1 aromatic heterocycles. The lowest BCUT2D eigenvalue weighted by Crippen LogP contribution is -2.17. The molecule has 1 saturated heterocycles. The van der Waals surface area contributed by atoms with Gasteiger partial charge < -0.3 is 9.47 Å². The third kappa shape index (κ3) is 4.81. The van der Waals surface area contributed by atoms with Crippen molar-refractivity contribution >= 4 is 28.3 Å². The van der Waals surface area contributed by atoms with E-state index in [4.69, 9.17) is 19.6 Å². The average Bonchev–Trinajstić information content (AvgIpc) is 3.53. The van der Waals surface area contributed by atoms with Gasteiger partial charge in [0.15, 0.2) is 0 Å². The maximum absolute atomic E-state index is 5.81. The number of nitrogens with zero attached hydrogens (tertiary/aromatic N) is 3. The molecule has 1 unspecified atom stereocenters. The van der Waals surface area contributed by atoms with Crippen LogP contribution >= 0.6 is 11.3 Å². The highest BCUT2D eigenvalue weighted by atomic mass is 32.1. The summed E-state index contributed by atoms with van der Waals surface area (Å²) in [6.45, 7) is 7.95. The number of aromatic nitrogens is 1. The lowest BCUT2D eigenvalue weighted by molar-refractivity contribution is 0.117. The molecule has 3 aromatic carbocycles. The van der Waals surface area contributed by atoms with Crippen molar-refractivity contribution in [1.29, 1.82) is 0 Å². The molecule has 5 nitrogen and oxygen atoms in total. The Morgan fingerprint density at radius 1 is 1.09 bits per heavy atom. The van der Waals surface area contributed by atoms with E-state index in [1.807, 2.05) is 29.1 Å². The molecule has 0 radical (unpaired) electrons. The molecule has 0 amide bonds. The van der Waals surface area contributed by atoms with Crippen LogP contribution in [0.5, 0.6) is 5.75 Å². The van der Waals surface area contributed by atoms with Gasteiger partial charge >= 0.3 is 0 Å². The topological polar surface area (TPSA) is 48.1 Å². The van der Waals surface area contributed by atoms with Gasteiger partial charge in [0.2, 0.25) is 4.80 Å². The molecule has 1 atom stereocenters. The standard InChI is InChI=1S/C29H31N3O2S/c1-19-14-21(3)25(15-20(19)2)27-18-35-29(30-16-23-9-7-13-34-23)32(27)31-17-26-24-10-6-5-8-22(24)11-12-28(26)33-4/h5-6,8,10-12,14-15,17-18,23H,7,9,13,16H2,1-4H3/b30-29?,31-17+. The van der Waals surface area contributed by atoms with Gasteiger partial charge in [0.1, 0.15) is 5.75 Å². The fourth-order valence-corrected chi connectivity index (χ4v) is 5.45. The second-order valence-corrected chi connectivity index (χ2v) is 9.93. The molecule has 2 heterocycles. The fraction of sp³-hybridized carbons (Fsp3) is 0.310. The summed E-state index contributed by atoms with van der Waals surface area (Å²) in [7, 11) is 1.70. The smallest absolute Gasteiger partial charge is 0.206 e. The van der Waals surface area contributed by atoms with Gasteiger partial charge in [0, 0.05) is 23.1 Å². The van der Waals surface area contributed by atoms with Crippen molar-refractivity contribution in [2.45, 2.75) is 39.7 Å². The predicted octanol–water partition coefficient (Wildman–Crippen LogP) is 6.27. The molecule has 0 spiro atoms. The lowest BCUT2D eigenvalue weighted by atomic mass is 9.99. The molecule has 0 saturated carbocycles. The SMILES string of the molecule is COc1ccc2ccccc2c1/C=N/n1c(-c2cc(C)c(C)cc2C)csc1=NCC1CCCO1. The van der Waals surface area contributed by atoms with Crippen LogP contribution in [-0.2, 0) is 4.74 Å². The Labute approximate surface area is 210 Å². The molecule has 4 aromatic rings. The first kappa shape index (κ1) is 23.5. The minimum atomic E-state index is 0.194. The van der Waals surface area contributed by atoms with Crippen molar-refractivity contribution in [1.82, 2.24) is 4.68 Å². The molecule has 1 aliphatic rings. The van der Waals surface area contributed by atoms with Crippen LogP contribution in [-0.4, -0.2) is 37.3 Å². The van der Waals surface area contributed by atoms with E-state index in [1.54, 1.807) is 18.4 Å². The summed E-state index contributed by atoms with van der Waals surface area (Å²) in [5, 5.41) is 9.41. The van der Waals surface area contributed by atoms with Crippen molar-refractivity contribution in [3.63, 3.8) is 0 Å². The first-order valence-electron chi connectivity index (χ1n) is 12.1. The summed E-state index contributed by atoms with van der Waals surface area (Å²) in [5.74, 6) is 0.796. The second kappa shape index (κ2) is 10.2. The minimum absolute atomic E-state index is 0.194. The van der Waals surface area contributed by atoms with E-state index in [2.05, 4.69) is 56.5 Å². The van der Waals surface area contributed by atoms with Gasteiger partial charge in [-0.05, 0) is 73.2 Å². The number of hydrogen-bond donors (Lipinski definition) is 0. The van der Waals surface area contributed by atoms with Crippen LogP contribution in [0.1, 0.15) is 35.1 Å². The predicted molar refractivity (Wildman–Crippen MR) is 145 cm³/mol. The summed E-state index contributed by atoms with van der Waals surface area (Å²) in [6.07, 6.45) is 4.27. The zero-order valence-electron chi connectivity index (χ0n) is 20.7. The van der Waals surface area contributed by atoms with Gasteiger partial charge in [-0.3, -0.25) is 4.99 Å². The Bertz CT molecular complexity index is 1460. The number of benzene rings is 3. The first-order chi connectivity index (χ1) is 17.0. The highest BCUT2D eigenvalue weighted by molar-refractivity contribution is 7.07. The Morgan fingerprint density at radius 3 is 2.71 bits per heavy atom. The van der Waals surface area contributed by atoms with Crippen molar-refractivity contribution in [2.75, 3.05) is 20.3 Å². The molecule has 0 aliphatic carbocycles. The summed E-state index contributed by atoms with van der Waals surface area (Å²) in [4.78, 5) is 5.80. The summed E-state index contributed by atoms with van der Waals surface area (Å²) in [6, 6.07) is 16.9. The third-order valence-corrected chi connectivity index (χ3v) is 7.56. The molecular formula is C29H31N3O2S. The molecule has 1 aliphatic heterocycles. The van der Waals surface area contributed by atoms with Gasteiger partial charge in [-0.2, -0.15) is 5.10 Å². The fourth-order valence-electron chi connectivity index (χ4n) is 4.61. The summed E-state index contributed by atoms with van der Waals surface area (Å²) in [5.41, 5.74) is 6.95. The van der Waals surface area contributed by atoms with Gasteiger partial charge in [-0.15, -0.1) is 11.3 Å². The van der Waals surface area contributed by atoms with E-state index in [9.17, 15) is 0 Å². The van der Waals surface area contributed by atoms with E-state index in [0.29, 0.717) is 6.54 Å². The molecular weight excluding hydrogens is 454 g/mol. The van der Waals surface area contributed by atoms with Gasteiger partial charge in [-0.25, -0.2) is 4.68 Å². The number of fused-ring (bicyclic) bond motifs is 1. The number of methoxy groups -OCH3 is 1. The number of hydrogen-bond acceptors (Lipinski definition) is 5. The highest BCUT2D eigenvalue weighted by Crippen LogP contribution is 2.29. The number of aryl methyl sites for hydroxylation is 3.